The summed E-state index contributed by atoms with van der Waals surface area (Å²) in [6, 6.07) is 12.9. The van der Waals surface area contributed by atoms with E-state index in [1.807, 2.05) is 6.07 Å². The van der Waals surface area contributed by atoms with Crippen molar-refractivity contribution in [3.8, 4) is 6.07 Å². The quantitative estimate of drug-likeness (QED) is 0.765. The molecule has 1 aliphatic rings. The van der Waals surface area contributed by atoms with Crippen LogP contribution in [0.3, 0.4) is 0 Å². The zero-order valence-corrected chi connectivity index (χ0v) is 15.8. The molecule has 2 aromatic carbocycles. The third kappa shape index (κ3) is 4.29. The van der Waals surface area contributed by atoms with E-state index in [1.165, 1.54) is 10.4 Å². The molecule has 0 atom stereocenters. The highest BCUT2D eigenvalue weighted by molar-refractivity contribution is 7.92. The van der Waals surface area contributed by atoms with Gasteiger partial charge in [-0.25, -0.2) is 13.2 Å². The largest absolute Gasteiger partial charge is 0.452 e. The van der Waals surface area contributed by atoms with Crippen molar-refractivity contribution in [1.82, 2.24) is 0 Å². The van der Waals surface area contributed by atoms with Crippen LogP contribution in [0, 0.1) is 11.3 Å². The molecule has 3 rings (SSSR count). The van der Waals surface area contributed by atoms with Crippen LogP contribution >= 0.6 is 0 Å². The Balaban J connectivity index is 1.59. The molecule has 0 fully saturated rings. The lowest BCUT2D eigenvalue weighted by Gasteiger charge is -2.16. The van der Waals surface area contributed by atoms with Gasteiger partial charge in [-0.05, 0) is 54.4 Å². The second-order valence-corrected chi connectivity index (χ2v) is 8.15. The molecule has 0 radical (unpaired) electrons. The van der Waals surface area contributed by atoms with Crippen LogP contribution in [0.5, 0.6) is 0 Å². The van der Waals surface area contributed by atoms with E-state index in [1.54, 1.807) is 36.4 Å². The summed E-state index contributed by atoms with van der Waals surface area (Å²) in [6.07, 6.45) is 1.64. The molecule has 0 spiro atoms. The van der Waals surface area contributed by atoms with Crippen LogP contribution in [-0.2, 0) is 26.0 Å². The third-order valence-corrected chi connectivity index (χ3v) is 5.38. The summed E-state index contributed by atoms with van der Waals surface area (Å²) in [5.74, 6) is -1.18. The topological polar surface area (TPSA) is 117 Å². The number of nitrogens with one attached hydrogen (secondary N) is 1. The molecule has 8 nitrogen and oxygen atoms in total. The van der Waals surface area contributed by atoms with Gasteiger partial charge in [-0.2, -0.15) is 5.26 Å². The molecule has 0 unspecified atom stereocenters. The number of esters is 1. The molecule has 0 aliphatic carbocycles. The van der Waals surface area contributed by atoms with E-state index in [0.717, 1.165) is 11.8 Å². The number of benzene rings is 2. The number of sulfonamides is 1. The van der Waals surface area contributed by atoms with Crippen LogP contribution in [0.4, 0.5) is 11.4 Å². The minimum absolute atomic E-state index is 0.250. The van der Waals surface area contributed by atoms with Gasteiger partial charge < -0.3 is 10.1 Å². The standard InChI is InChI=1S/C19H17N3O5S/c1-28(25,26)22-9-8-14-10-15(4-7-17(14)22)19(24)27-12-18(23)21-16-5-2-13(11-20)3-6-16/h2-7,10H,8-9,12H2,1H3,(H,21,23). The van der Waals surface area contributed by atoms with Gasteiger partial charge in [-0.15, -0.1) is 0 Å². The van der Waals surface area contributed by atoms with Crippen molar-refractivity contribution in [3.05, 3.63) is 59.2 Å². The normalized spacial score (nSPS) is 12.8. The van der Waals surface area contributed by atoms with Gasteiger partial charge in [0.25, 0.3) is 5.91 Å². The molecule has 0 bridgehead atoms. The van der Waals surface area contributed by atoms with Gasteiger partial charge in [0.2, 0.25) is 10.0 Å². The number of nitriles is 1. The number of amides is 1. The Kier molecular flexibility index (Phi) is 5.33. The van der Waals surface area contributed by atoms with Crippen molar-refractivity contribution in [2.75, 3.05) is 29.0 Å². The summed E-state index contributed by atoms with van der Waals surface area (Å²) in [5.41, 5.74) is 2.49. The first kappa shape index (κ1) is 19.4. The number of hydrogen-bond donors (Lipinski definition) is 1. The van der Waals surface area contributed by atoms with Crippen LogP contribution in [0.25, 0.3) is 0 Å². The molecule has 144 valence electrons. The SMILES string of the molecule is CS(=O)(=O)N1CCc2cc(C(=O)OCC(=O)Nc3ccc(C#N)cc3)ccc21. The predicted molar refractivity (Wildman–Crippen MR) is 102 cm³/mol. The Morgan fingerprint density at radius 3 is 2.57 bits per heavy atom. The highest BCUT2D eigenvalue weighted by Crippen LogP contribution is 2.30. The fourth-order valence-electron chi connectivity index (χ4n) is 2.88. The maximum Gasteiger partial charge on any atom is 0.338 e. The highest BCUT2D eigenvalue weighted by atomic mass is 32.2. The Labute approximate surface area is 162 Å². The molecule has 2 aromatic rings. The molecule has 9 heteroatoms. The van der Waals surface area contributed by atoms with Crippen molar-refractivity contribution in [3.63, 3.8) is 0 Å². The van der Waals surface area contributed by atoms with Crippen molar-refractivity contribution in [1.29, 1.82) is 5.26 Å². The first-order chi connectivity index (χ1) is 13.3. The van der Waals surface area contributed by atoms with Crippen LogP contribution in [0.15, 0.2) is 42.5 Å². The molecule has 28 heavy (non-hydrogen) atoms. The lowest BCUT2D eigenvalue weighted by molar-refractivity contribution is -0.119. The van der Waals surface area contributed by atoms with Crippen LogP contribution in [0.1, 0.15) is 21.5 Å². The van der Waals surface area contributed by atoms with E-state index in [2.05, 4.69) is 5.32 Å². The fourth-order valence-corrected chi connectivity index (χ4v) is 3.84. The van der Waals surface area contributed by atoms with Crippen LogP contribution in [0.2, 0.25) is 0 Å². The predicted octanol–water partition coefficient (Wildman–Crippen LogP) is 1.68. The Hall–Kier alpha value is -3.38. The van der Waals surface area contributed by atoms with Gasteiger partial charge in [-0.3, -0.25) is 9.10 Å². The van der Waals surface area contributed by atoms with Crippen LogP contribution in [-0.4, -0.2) is 39.7 Å². The lowest BCUT2D eigenvalue weighted by atomic mass is 10.1. The van der Waals surface area contributed by atoms with E-state index < -0.39 is 28.5 Å². The molecule has 1 amide bonds. The fraction of sp³-hybridized carbons (Fsp3) is 0.211. The van der Waals surface area contributed by atoms with Gasteiger partial charge in [0, 0.05) is 12.2 Å². The van der Waals surface area contributed by atoms with Gasteiger partial charge in [-0.1, -0.05) is 0 Å². The minimum atomic E-state index is -3.36. The number of carbonyl (C=O) groups excluding carboxylic acids is 2. The van der Waals surface area contributed by atoms with E-state index in [-0.39, 0.29) is 5.56 Å². The molecular weight excluding hydrogens is 382 g/mol. The third-order valence-electron chi connectivity index (χ3n) is 4.20. The molecular formula is C19H17N3O5S. The minimum Gasteiger partial charge on any atom is -0.452 e. The average Bonchev–Trinajstić information content (AvgIpc) is 3.10. The first-order valence-corrected chi connectivity index (χ1v) is 10.2. The number of ether oxygens (including phenoxy) is 1. The van der Waals surface area contributed by atoms with E-state index in [9.17, 15) is 18.0 Å². The summed E-state index contributed by atoms with van der Waals surface area (Å²) in [7, 11) is -3.36. The monoisotopic (exact) mass is 399 g/mol. The molecule has 1 heterocycles. The average molecular weight is 399 g/mol. The molecule has 1 aliphatic heterocycles. The highest BCUT2D eigenvalue weighted by Gasteiger charge is 2.27. The Morgan fingerprint density at radius 2 is 1.93 bits per heavy atom. The zero-order chi connectivity index (χ0) is 20.3. The molecule has 0 saturated heterocycles. The van der Waals surface area contributed by atoms with Gasteiger partial charge >= 0.3 is 5.97 Å². The number of fused-ring (bicyclic) bond motifs is 1. The second kappa shape index (κ2) is 7.70. The number of rotatable bonds is 5. The molecule has 1 N–H and O–H groups in total. The van der Waals surface area contributed by atoms with Crippen molar-refractivity contribution >= 4 is 33.3 Å². The van der Waals surface area contributed by atoms with Gasteiger partial charge in [0.1, 0.15) is 0 Å². The Bertz CT molecular complexity index is 1070. The van der Waals surface area contributed by atoms with Crippen molar-refractivity contribution in [2.45, 2.75) is 6.42 Å². The number of carbonyl (C=O) groups is 2. The Morgan fingerprint density at radius 1 is 1.21 bits per heavy atom. The van der Waals surface area contributed by atoms with Crippen molar-refractivity contribution in [2.24, 2.45) is 0 Å². The summed E-state index contributed by atoms with van der Waals surface area (Å²) in [6.45, 7) is -0.134. The number of anilines is 2. The summed E-state index contributed by atoms with van der Waals surface area (Å²) >= 11 is 0. The van der Waals surface area contributed by atoms with E-state index in [4.69, 9.17) is 10.00 Å². The van der Waals surface area contributed by atoms with Crippen molar-refractivity contribution < 1.29 is 22.7 Å². The number of hydrogen-bond acceptors (Lipinski definition) is 6. The van der Waals surface area contributed by atoms with Gasteiger partial charge in [0.15, 0.2) is 6.61 Å². The van der Waals surface area contributed by atoms with Gasteiger partial charge in [0.05, 0.1) is 29.1 Å². The first-order valence-electron chi connectivity index (χ1n) is 8.36. The van der Waals surface area contributed by atoms with Crippen LogP contribution < -0.4 is 9.62 Å². The molecule has 0 aromatic heterocycles. The molecule has 0 saturated carbocycles. The number of nitrogens with zero attached hydrogens (tertiary/aromatic N) is 2. The summed E-state index contributed by atoms with van der Waals surface area (Å²) in [4.78, 5) is 24.1. The maximum atomic E-state index is 12.2. The smallest absolute Gasteiger partial charge is 0.338 e. The second-order valence-electron chi connectivity index (χ2n) is 6.24. The summed E-state index contributed by atoms with van der Waals surface area (Å²) in [5, 5.41) is 11.3. The zero-order valence-electron chi connectivity index (χ0n) is 15.0. The van der Waals surface area contributed by atoms with E-state index >= 15 is 0 Å². The van der Waals surface area contributed by atoms with E-state index in [0.29, 0.717) is 29.9 Å². The lowest BCUT2D eigenvalue weighted by Crippen LogP contribution is -2.27. The maximum absolute atomic E-state index is 12.2. The summed E-state index contributed by atoms with van der Waals surface area (Å²) < 4.78 is 29.8.